The van der Waals surface area contributed by atoms with Gasteiger partial charge in [-0.15, -0.1) is 11.3 Å². The highest BCUT2D eigenvalue weighted by atomic mass is 35.5. The van der Waals surface area contributed by atoms with E-state index in [0.717, 1.165) is 10.2 Å². The Hall–Kier alpha value is -1.96. The van der Waals surface area contributed by atoms with Crippen molar-refractivity contribution in [2.75, 3.05) is 5.32 Å². The van der Waals surface area contributed by atoms with Gasteiger partial charge in [0.05, 0.1) is 15.1 Å². The Morgan fingerprint density at radius 2 is 2.13 bits per heavy atom. The van der Waals surface area contributed by atoms with Gasteiger partial charge in [0.15, 0.2) is 5.13 Å². The molecule has 0 saturated heterocycles. The van der Waals surface area contributed by atoms with Gasteiger partial charge in [0, 0.05) is 5.02 Å². The molecular weight excluding hydrogens is 354 g/mol. The second-order valence-electron chi connectivity index (χ2n) is 4.79. The lowest BCUT2D eigenvalue weighted by atomic mass is 10.3. The number of carbonyl (C=O) groups excluding carboxylic acids is 2. The summed E-state index contributed by atoms with van der Waals surface area (Å²) in [5.74, 6) is -0.584. The molecule has 2 amide bonds. The molecule has 0 radical (unpaired) electrons. The van der Waals surface area contributed by atoms with E-state index in [1.807, 2.05) is 5.38 Å². The molecular formula is C15H12ClN3O2S2. The number of thiazole rings is 1. The molecule has 0 saturated carbocycles. The van der Waals surface area contributed by atoms with Crippen molar-refractivity contribution in [2.45, 2.75) is 13.0 Å². The number of fused-ring (bicyclic) bond motifs is 1. The van der Waals surface area contributed by atoms with Gasteiger partial charge in [0.1, 0.15) is 6.04 Å². The Kier molecular flexibility index (Phi) is 4.61. The number of aromatic nitrogens is 1. The lowest BCUT2D eigenvalue weighted by Crippen LogP contribution is -2.41. The Balaban J connectivity index is 1.66. The molecule has 118 valence electrons. The predicted octanol–water partition coefficient (Wildman–Crippen LogP) is 3.77. The fraction of sp³-hybridized carbons (Fsp3) is 0.133. The number of anilines is 1. The van der Waals surface area contributed by atoms with Crippen molar-refractivity contribution < 1.29 is 9.59 Å². The summed E-state index contributed by atoms with van der Waals surface area (Å²) in [6.07, 6.45) is 0. The lowest BCUT2D eigenvalue weighted by Gasteiger charge is -2.12. The highest BCUT2D eigenvalue weighted by Crippen LogP contribution is 2.28. The maximum atomic E-state index is 12.2. The van der Waals surface area contributed by atoms with E-state index >= 15 is 0 Å². The van der Waals surface area contributed by atoms with E-state index in [-0.39, 0.29) is 11.8 Å². The zero-order chi connectivity index (χ0) is 16.4. The number of carbonyl (C=O) groups is 2. The number of benzene rings is 1. The van der Waals surface area contributed by atoms with E-state index in [4.69, 9.17) is 11.6 Å². The maximum Gasteiger partial charge on any atom is 0.261 e. The van der Waals surface area contributed by atoms with Gasteiger partial charge in [-0.3, -0.25) is 9.59 Å². The van der Waals surface area contributed by atoms with E-state index in [2.05, 4.69) is 15.6 Å². The predicted molar refractivity (Wildman–Crippen MR) is 94.5 cm³/mol. The van der Waals surface area contributed by atoms with Gasteiger partial charge in [-0.2, -0.15) is 0 Å². The standard InChI is InChI=1S/C15H12ClN3O2S2/c1-8(17-14(21)11-3-2-6-22-11)13(20)19-15-18-10-5-4-9(16)7-12(10)23-15/h2-8H,1H3,(H,17,21)(H,18,19,20). The summed E-state index contributed by atoms with van der Waals surface area (Å²) < 4.78 is 0.892. The van der Waals surface area contributed by atoms with Crippen LogP contribution >= 0.6 is 34.3 Å². The maximum absolute atomic E-state index is 12.2. The molecule has 2 aromatic heterocycles. The van der Waals surface area contributed by atoms with Crippen LogP contribution in [-0.4, -0.2) is 22.8 Å². The average Bonchev–Trinajstić information content (AvgIpc) is 3.15. The topological polar surface area (TPSA) is 71.1 Å². The number of nitrogens with zero attached hydrogens (tertiary/aromatic N) is 1. The lowest BCUT2D eigenvalue weighted by molar-refractivity contribution is -0.117. The minimum atomic E-state index is -0.666. The molecule has 2 N–H and O–H groups in total. The molecule has 1 aromatic carbocycles. The highest BCUT2D eigenvalue weighted by Gasteiger charge is 2.18. The van der Waals surface area contributed by atoms with Crippen LogP contribution in [0.5, 0.6) is 0 Å². The molecule has 2 heterocycles. The van der Waals surface area contributed by atoms with Crippen molar-refractivity contribution in [2.24, 2.45) is 0 Å². The molecule has 0 fully saturated rings. The fourth-order valence-electron chi connectivity index (χ4n) is 1.91. The Bertz CT molecular complexity index is 861. The second kappa shape index (κ2) is 6.66. The van der Waals surface area contributed by atoms with Gasteiger partial charge in [0.2, 0.25) is 5.91 Å². The molecule has 3 rings (SSSR count). The number of nitrogens with one attached hydrogen (secondary N) is 2. The van der Waals surface area contributed by atoms with Crippen LogP contribution in [0.15, 0.2) is 35.7 Å². The first-order valence-corrected chi connectivity index (χ1v) is 8.81. The van der Waals surface area contributed by atoms with Crippen LogP contribution in [0.3, 0.4) is 0 Å². The normalized spacial score (nSPS) is 12.1. The first kappa shape index (κ1) is 15.9. The van der Waals surface area contributed by atoms with Crippen LogP contribution in [-0.2, 0) is 4.79 Å². The minimum absolute atomic E-state index is 0.265. The molecule has 0 spiro atoms. The first-order chi connectivity index (χ1) is 11.0. The van der Waals surface area contributed by atoms with Crippen LogP contribution in [0.2, 0.25) is 5.02 Å². The van der Waals surface area contributed by atoms with Crippen molar-refractivity contribution in [3.63, 3.8) is 0 Å². The van der Waals surface area contributed by atoms with Gasteiger partial charge < -0.3 is 10.6 Å². The van der Waals surface area contributed by atoms with E-state index in [9.17, 15) is 9.59 Å². The van der Waals surface area contributed by atoms with Crippen LogP contribution in [0, 0.1) is 0 Å². The largest absolute Gasteiger partial charge is 0.340 e. The van der Waals surface area contributed by atoms with Crippen molar-refractivity contribution in [3.8, 4) is 0 Å². The Labute approximate surface area is 145 Å². The third-order valence-corrected chi connectivity index (χ3v) is 5.10. The van der Waals surface area contributed by atoms with Crippen molar-refractivity contribution in [1.82, 2.24) is 10.3 Å². The number of thiophene rings is 1. The number of halogens is 1. The highest BCUT2D eigenvalue weighted by molar-refractivity contribution is 7.22. The van der Waals surface area contributed by atoms with Gasteiger partial charge in [-0.1, -0.05) is 29.0 Å². The van der Waals surface area contributed by atoms with E-state index < -0.39 is 6.04 Å². The van der Waals surface area contributed by atoms with E-state index in [1.54, 1.807) is 37.3 Å². The molecule has 0 aliphatic heterocycles. The van der Waals surface area contributed by atoms with Crippen LogP contribution in [0.25, 0.3) is 10.2 Å². The zero-order valence-electron chi connectivity index (χ0n) is 12.0. The summed E-state index contributed by atoms with van der Waals surface area (Å²) in [5, 5.41) is 8.28. The van der Waals surface area contributed by atoms with Crippen LogP contribution < -0.4 is 10.6 Å². The molecule has 0 aliphatic rings. The SMILES string of the molecule is CC(NC(=O)c1cccs1)C(=O)Nc1nc2ccc(Cl)cc2s1. The molecule has 23 heavy (non-hydrogen) atoms. The first-order valence-electron chi connectivity index (χ1n) is 6.74. The molecule has 0 bridgehead atoms. The third kappa shape index (κ3) is 3.69. The quantitative estimate of drug-likeness (QED) is 0.739. The summed E-state index contributed by atoms with van der Waals surface area (Å²) in [5.41, 5.74) is 0.768. The third-order valence-electron chi connectivity index (χ3n) is 3.07. The van der Waals surface area contributed by atoms with E-state index in [0.29, 0.717) is 15.0 Å². The molecule has 1 unspecified atom stereocenters. The molecule has 1 atom stereocenters. The number of hydrogen-bond acceptors (Lipinski definition) is 5. The average molecular weight is 366 g/mol. The summed E-state index contributed by atoms with van der Waals surface area (Å²) in [4.78, 5) is 29.0. The Morgan fingerprint density at radius 3 is 2.87 bits per heavy atom. The molecule has 5 nitrogen and oxygen atoms in total. The Morgan fingerprint density at radius 1 is 1.30 bits per heavy atom. The monoisotopic (exact) mass is 365 g/mol. The molecule has 3 aromatic rings. The van der Waals surface area contributed by atoms with Crippen LogP contribution in [0.4, 0.5) is 5.13 Å². The number of hydrogen-bond donors (Lipinski definition) is 2. The van der Waals surface area contributed by atoms with Gasteiger partial charge in [0.25, 0.3) is 5.91 Å². The summed E-state index contributed by atoms with van der Waals surface area (Å²) in [6, 6.07) is 8.18. The van der Waals surface area contributed by atoms with Gasteiger partial charge in [-0.05, 0) is 36.6 Å². The van der Waals surface area contributed by atoms with Crippen molar-refractivity contribution in [1.29, 1.82) is 0 Å². The summed E-state index contributed by atoms with van der Waals surface area (Å²) in [6.45, 7) is 1.63. The number of amides is 2. The summed E-state index contributed by atoms with van der Waals surface area (Å²) >= 11 is 8.60. The molecule has 0 aliphatic carbocycles. The number of rotatable bonds is 4. The van der Waals surface area contributed by atoms with Crippen molar-refractivity contribution in [3.05, 3.63) is 45.6 Å². The fourth-order valence-corrected chi connectivity index (χ4v) is 3.68. The zero-order valence-corrected chi connectivity index (χ0v) is 14.4. The van der Waals surface area contributed by atoms with Crippen LogP contribution in [0.1, 0.15) is 16.6 Å². The van der Waals surface area contributed by atoms with Gasteiger partial charge >= 0.3 is 0 Å². The second-order valence-corrected chi connectivity index (χ2v) is 7.21. The van der Waals surface area contributed by atoms with E-state index in [1.165, 1.54) is 22.7 Å². The smallest absolute Gasteiger partial charge is 0.261 e. The van der Waals surface area contributed by atoms with Gasteiger partial charge in [-0.25, -0.2) is 4.98 Å². The molecule has 8 heteroatoms. The summed E-state index contributed by atoms with van der Waals surface area (Å²) in [7, 11) is 0. The minimum Gasteiger partial charge on any atom is -0.340 e. The van der Waals surface area contributed by atoms with Crippen molar-refractivity contribution >= 4 is 61.4 Å².